The molecule has 152 valence electrons. The van der Waals surface area contributed by atoms with Crippen LogP contribution in [0.1, 0.15) is 31.2 Å². The predicted molar refractivity (Wildman–Crippen MR) is 120 cm³/mol. The summed E-state index contributed by atoms with van der Waals surface area (Å²) >= 11 is 0. The molecule has 2 fully saturated rings. The van der Waals surface area contributed by atoms with E-state index < -0.39 is 0 Å². The van der Waals surface area contributed by atoms with E-state index in [4.69, 9.17) is 9.73 Å². The number of nitrogens with zero attached hydrogens (tertiary/aromatic N) is 5. The minimum Gasteiger partial charge on any atom is -0.381 e. The molecule has 2 aliphatic rings. The summed E-state index contributed by atoms with van der Waals surface area (Å²) in [6.07, 6.45) is 7.91. The second-order valence-corrected chi connectivity index (χ2v) is 7.47. The largest absolute Gasteiger partial charge is 0.381 e. The average Bonchev–Trinajstić information content (AvgIpc) is 3.42. The van der Waals surface area contributed by atoms with Crippen LogP contribution < -0.4 is 5.32 Å². The standard InChI is InChI=1S/C20H28N6O.HI/c1-3-21-19(25-10-6-20(14-25)7-12-27-15-20)24-13-17-5-4-8-23-18(17)26-11-9-22-16(26)2;/h4-5,8-9,11H,3,6-7,10,12-15H2,1-2H3,(H,21,24);1H. The van der Waals surface area contributed by atoms with Gasteiger partial charge in [0.05, 0.1) is 13.2 Å². The minimum atomic E-state index is 0. The van der Waals surface area contributed by atoms with Gasteiger partial charge in [-0.05, 0) is 32.8 Å². The lowest BCUT2D eigenvalue weighted by atomic mass is 9.87. The quantitative estimate of drug-likeness (QED) is 0.401. The van der Waals surface area contributed by atoms with Gasteiger partial charge in [0.25, 0.3) is 0 Å². The zero-order valence-corrected chi connectivity index (χ0v) is 18.9. The van der Waals surface area contributed by atoms with Gasteiger partial charge in [-0.2, -0.15) is 0 Å². The second-order valence-electron chi connectivity index (χ2n) is 7.47. The van der Waals surface area contributed by atoms with Crippen molar-refractivity contribution in [1.82, 2.24) is 24.8 Å². The molecule has 4 heterocycles. The predicted octanol–water partition coefficient (Wildman–Crippen LogP) is 2.77. The number of hydrogen-bond donors (Lipinski definition) is 1. The molecule has 2 aliphatic heterocycles. The number of aryl methyl sites for hydroxylation is 1. The highest BCUT2D eigenvalue weighted by atomic mass is 127. The van der Waals surface area contributed by atoms with Gasteiger partial charge in [0.2, 0.25) is 0 Å². The van der Waals surface area contributed by atoms with Crippen LogP contribution in [-0.2, 0) is 11.3 Å². The van der Waals surface area contributed by atoms with E-state index in [0.717, 1.165) is 62.4 Å². The molecule has 8 heteroatoms. The number of rotatable bonds is 4. The molecule has 2 aromatic heterocycles. The first kappa shape index (κ1) is 21.0. The van der Waals surface area contributed by atoms with Crippen molar-refractivity contribution in [1.29, 1.82) is 0 Å². The molecule has 2 saturated heterocycles. The van der Waals surface area contributed by atoms with Crippen LogP contribution >= 0.6 is 24.0 Å². The maximum absolute atomic E-state index is 5.66. The van der Waals surface area contributed by atoms with Crippen molar-refractivity contribution in [3.05, 3.63) is 42.1 Å². The monoisotopic (exact) mass is 496 g/mol. The lowest BCUT2D eigenvalue weighted by Crippen LogP contribution is -2.41. The molecular weight excluding hydrogens is 467 g/mol. The van der Waals surface area contributed by atoms with Gasteiger partial charge in [-0.15, -0.1) is 24.0 Å². The molecule has 0 aliphatic carbocycles. The van der Waals surface area contributed by atoms with Crippen LogP contribution in [0.4, 0.5) is 0 Å². The van der Waals surface area contributed by atoms with Gasteiger partial charge in [0.15, 0.2) is 5.96 Å². The Morgan fingerprint density at radius 1 is 1.32 bits per heavy atom. The molecular formula is C20H29IN6O. The SMILES string of the molecule is CCNC(=NCc1cccnc1-n1ccnc1C)N1CCC2(CCOC2)C1.I. The number of halogens is 1. The third kappa shape index (κ3) is 4.32. The van der Waals surface area contributed by atoms with Crippen molar-refractivity contribution < 1.29 is 4.74 Å². The smallest absolute Gasteiger partial charge is 0.194 e. The zero-order chi connectivity index (χ0) is 18.7. The van der Waals surface area contributed by atoms with Crippen LogP contribution in [0, 0.1) is 12.3 Å². The number of ether oxygens (including phenoxy) is 1. The fourth-order valence-electron chi connectivity index (χ4n) is 4.05. The molecule has 0 radical (unpaired) electrons. The molecule has 0 bridgehead atoms. The molecule has 0 aromatic carbocycles. The summed E-state index contributed by atoms with van der Waals surface area (Å²) in [5.74, 6) is 2.81. The molecule has 28 heavy (non-hydrogen) atoms. The van der Waals surface area contributed by atoms with Crippen molar-refractivity contribution in [2.75, 3.05) is 32.8 Å². The van der Waals surface area contributed by atoms with E-state index in [9.17, 15) is 0 Å². The fourth-order valence-corrected chi connectivity index (χ4v) is 4.05. The topological polar surface area (TPSA) is 67.6 Å². The number of aromatic nitrogens is 3. The van der Waals surface area contributed by atoms with Crippen LogP contribution in [0.2, 0.25) is 0 Å². The first-order valence-electron chi connectivity index (χ1n) is 9.76. The van der Waals surface area contributed by atoms with Crippen LogP contribution in [0.5, 0.6) is 0 Å². The van der Waals surface area contributed by atoms with Crippen LogP contribution in [0.15, 0.2) is 35.7 Å². The molecule has 0 amide bonds. The zero-order valence-electron chi connectivity index (χ0n) is 16.6. The van der Waals surface area contributed by atoms with Crippen molar-refractivity contribution >= 4 is 29.9 Å². The third-order valence-electron chi connectivity index (χ3n) is 5.58. The van der Waals surface area contributed by atoms with Gasteiger partial charge in [0.1, 0.15) is 11.6 Å². The number of hydrogen-bond acceptors (Lipinski definition) is 4. The van der Waals surface area contributed by atoms with E-state index in [2.05, 4.69) is 33.2 Å². The van der Waals surface area contributed by atoms with Gasteiger partial charge in [0, 0.05) is 55.8 Å². The average molecular weight is 496 g/mol. The normalized spacial score (nSPS) is 21.9. The van der Waals surface area contributed by atoms with Gasteiger partial charge in [-0.25, -0.2) is 15.0 Å². The van der Waals surface area contributed by atoms with E-state index in [1.807, 2.05) is 30.0 Å². The van der Waals surface area contributed by atoms with Crippen molar-refractivity contribution in [2.24, 2.45) is 10.4 Å². The molecule has 4 rings (SSSR count). The Bertz CT molecular complexity index is 815. The number of likely N-dealkylation sites (tertiary alicyclic amines) is 1. The third-order valence-corrected chi connectivity index (χ3v) is 5.58. The summed E-state index contributed by atoms with van der Waals surface area (Å²) in [5.41, 5.74) is 1.41. The van der Waals surface area contributed by atoms with E-state index in [1.165, 1.54) is 6.42 Å². The minimum absolute atomic E-state index is 0. The molecule has 1 spiro atoms. The molecule has 1 atom stereocenters. The highest BCUT2D eigenvalue weighted by Crippen LogP contribution is 2.38. The Morgan fingerprint density at radius 2 is 2.21 bits per heavy atom. The fraction of sp³-hybridized carbons (Fsp3) is 0.550. The Kier molecular flexibility index (Phi) is 6.92. The maximum atomic E-state index is 5.66. The van der Waals surface area contributed by atoms with E-state index in [-0.39, 0.29) is 24.0 Å². The molecule has 7 nitrogen and oxygen atoms in total. The Balaban J connectivity index is 0.00000225. The number of guanidine groups is 1. The van der Waals surface area contributed by atoms with Crippen LogP contribution in [-0.4, -0.2) is 58.2 Å². The number of nitrogens with one attached hydrogen (secondary N) is 1. The Morgan fingerprint density at radius 3 is 2.93 bits per heavy atom. The summed E-state index contributed by atoms with van der Waals surface area (Å²) in [6, 6.07) is 4.05. The van der Waals surface area contributed by atoms with E-state index >= 15 is 0 Å². The summed E-state index contributed by atoms with van der Waals surface area (Å²) in [7, 11) is 0. The molecule has 2 aromatic rings. The maximum Gasteiger partial charge on any atom is 0.194 e. The molecule has 1 N–H and O–H groups in total. The van der Waals surface area contributed by atoms with Crippen LogP contribution in [0.25, 0.3) is 5.82 Å². The van der Waals surface area contributed by atoms with E-state index in [0.29, 0.717) is 12.0 Å². The lowest BCUT2D eigenvalue weighted by Gasteiger charge is -2.25. The van der Waals surface area contributed by atoms with Gasteiger partial charge in [-0.3, -0.25) is 4.57 Å². The summed E-state index contributed by atoms with van der Waals surface area (Å²) < 4.78 is 7.68. The van der Waals surface area contributed by atoms with Crippen LogP contribution in [0.3, 0.4) is 0 Å². The molecule has 1 unspecified atom stereocenters. The highest BCUT2D eigenvalue weighted by Gasteiger charge is 2.42. The second kappa shape index (κ2) is 9.21. The summed E-state index contributed by atoms with van der Waals surface area (Å²) in [5, 5.41) is 3.46. The summed E-state index contributed by atoms with van der Waals surface area (Å²) in [4.78, 5) is 16.2. The summed E-state index contributed by atoms with van der Waals surface area (Å²) in [6.45, 7) is 9.39. The first-order valence-corrected chi connectivity index (χ1v) is 9.76. The van der Waals surface area contributed by atoms with Gasteiger partial charge in [-0.1, -0.05) is 6.07 Å². The van der Waals surface area contributed by atoms with Crippen molar-refractivity contribution in [3.8, 4) is 5.82 Å². The number of pyridine rings is 1. The Labute approximate surface area is 183 Å². The first-order chi connectivity index (χ1) is 13.2. The highest BCUT2D eigenvalue weighted by molar-refractivity contribution is 14.0. The van der Waals surface area contributed by atoms with E-state index in [1.54, 1.807) is 6.20 Å². The van der Waals surface area contributed by atoms with Crippen molar-refractivity contribution in [2.45, 2.75) is 33.2 Å². The Hall–Kier alpha value is -1.68. The van der Waals surface area contributed by atoms with Gasteiger partial charge >= 0.3 is 0 Å². The lowest BCUT2D eigenvalue weighted by molar-refractivity contribution is 0.156. The number of aliphatic imine (C=N–C) groups is 1. The van der Waals surface area contributed by atoms with Crippen molar-refractivity contribution in [3.63, 3.8) is 0 Å². The number of imidazole rings is 1. The van der Waals surface area contributed by atoms with Gasteiger partial charge < -0.3 is 15.0 Å². The molecule has 0 saturated carbocycles.